The van der Waals surface area contributed by atoms with Crippen molar-refractivity contribution < 1.29 is 14.9 Å². The lowest BCUT2D eigenvalue weighted by molar-refractivity contribution is 0.341. The summed E-state index contributed by atoms with van der Waals surface area (Å²) in [4.78, 5) is 0. The summed E-state index contributed by atoms with van der Waals surface area (Å²) in [6.07, 6.45) is 0. The Hall–Kier alpha value is -2.36. The molecule has 1 unspecified atom stereocenters. The predicted molar refractivity (Wildman–Crippen MR) is 84.2 cm³/mol. The van der Waals surface area contributed by atoms with Crippen LogP contribution in [-0.2, 0) is 0 Å². The van der Waals surface area contributed by atoms with Crippen molar-refractivity contribution in [2.24, 2.45) is 0 Å². The van der Waals surface area contributed by atoms with E-state index in [2.05, 4.69) is 5.32 Å². The molecule has 1 atom stereocenters. The molecule has 0 aliphatic carbocycles. The van der Waals surface area contributed by atoms with E-state index in [-0.39, 0.29) is 17.5 Å². The van der Waals surface area contributed by atoms with Gasteiger partial charge < -0.3 is 20.3 Å². The Morgan fingerprint density at radius 2 is 1.76 bits per heavy atom. The van der Waals surface area contributed by atoms with Crippen LogP contribution < -0.4 is 10.1 Å². The van der Waals surface area contributed by atoms with E-state index in [9.17, 15) is 10.2 Å². The first-order chi connectivity index (χ1) is 9.99. The molecule has 0 saturated heterocycles. The number of phenolic OH excluding ortho intramolecular Hbond substituents is 2. The third kappa shape index (κ3) is 3.81. The summed E-state index contributed by atoms with van der Waals surface area (Å²) in [6, 6.07) is 10.5. The number of phenols is 2. The van der Waals surface area contributed by atoms with Crippen molar-refractivity contribution in [2.45, 2.75) is 26.8 Å². The third-order valence-corrected chi connectivity index (χ3v) is 3.23. The van der Waals surface area contributed by atoms with Gasteiger partial charge in [-0.05, 0) is 56.2 Å². The highest BCUT2D eigenvalue weighted by Gasteiger charge is 2.11. The fourth-order valence-electron chi connectivity index (χ4n) is 2.21. The molecule has 2 aromatic rings. The zero-order valence-electron chi connectivity index (χ0n) is 12.6. The van der Waals surface area contributed by atoms with Gasteiger partial charge in [-0.2, -0.15) is 0 Å². The summed E-state index contributed by atoms with van der Waals surface area (Å²) in [7, 11) is 0. The molecule has 0 aromatic heterocycles. The molecule has 0 amide bonds. The highest BCUT2D eigenvalue weighted by molar-refractivity contribution is 5.59. The standard InChI is InChI=1S/C17H21NO3/c1-4-21-17-7-11(2)5-6-16(17)18-12(3)13-8-14(19)10-15(20)9-13/h5-10,12,18-20H,4H2,1-3H3. The molecule has 21 heavy (non-hydrogen) atoms. The summed E-state index contributed by atoms with van der Waals surface area (Å²) in [5.74, 6) is 0.897. The van der Waals surface area contributed by atoms with E-state index < -0.39 is 0 Å². The molecule has 0 heterocycles. The normalized spacial score (nSPS) is 12.0. The van der Waals surface area contributed by atoms with Crippen LogP contribution in [0.3, 0.4) is 0 Å². The Morgan fingerprint density at radius 1 is 1.10 bits per heavy atom. The number of nitrogens with one attached hydrogen (secondary N) is 1. The maximum atomic E-state index is 9.57. The number of aryl methyl sites for hydroxylation is 1. The van der Waals surface area contributed by atoms with Gasteiger partial charge in [0.25, 0.3) is 0 Å². The predicted octanol–water partition coefficient (Wildman–Crippen LogP) is 3.98. The van der Waals surface area contributed by atoms with Gasteiger partial charge >= 0.3 is 0 Å². The van der Waals surface area contributed by atoms with Gasteiger partial charge in [-0.1, -0.05) is 6.07 Å². The molecular weight excluding hydrogens is 266 g/mol. The van der Waals surface area contributed by atoms with E-state index in [4.69, 9.17) is 4.74 Å². The van der Waals surface area contributed by atoms with Crippen molar-refractivity contribution in [1.29, 1.82) is 0 Å². The largest absolute Gasteiger partial charge is 0.508 e. The van der Waals surface area contributed by atoms with Crippen LogP contribution in [0.4, 0.5) is 5.69 Å². The summed E-state index contributed by atoms with van der Waals surface area (Å²) >= 11 is 0. The van der Waals surface area contributed by atoms with Crippen molar-refractivity contribution in [3.63, 3.8) is 0 Å². The molecule has 0 saturated carbocycles. The van der Waals surface area contributed by atoms with Gasteiger partial charge in [-0.25, -0.2) is 0 Å². The second-order valence-corrected chi connectivity index (χ2v) is 5.08. The molecule has 2 aromatic carbocycles. The molecule has 4 nitrogen and oxygen atoms in total. The van der Waals surface area contributed by atoms with Crippen LogP contribution in [0, 0.1) is 6.92 Å². The molecule has 0 spiro atoms. The Bertz CT molecular complexity index is 605. The van der Waals surface area contributed by atoms with Crippen molar-refractivity contribution in [2.75, 3.05) is 11.9 Å². The highest BCUT2D eigenvalue weighted by atomic mass is 16.5. The van der Waals surface area contributed by atoms with E-state index in [0.717, 1.165) is 22.6 Å². The molecule has 4 heteroatoms. The number of benzene rings is 2. The van der Waals surface area contributed by atoms with E-state index in [1.54, 1.807) is 12.1 Å². The topological polar surface area (TPSA) is 61.7 Å². The summed E-state index contributed by atoms with van der Waals surface area (Å²) in [5, 5.41) is 22.5. The number of anilines is 1. The minimum absolute atomic E-state index is 0.0487. The number of ether oxygens (including phenoxy) is 1. The lowest BCUT2D eigenvalue weighted by Crippen LogP contribution is -2.08. The first kappa shape index (κ1) is 15.0. The second-order valence-electron chi connectivity index (χ2n) is 5.08. The Balaban J connectivity index is 2.24. The summed E-state index contributed by atoms with van der Waals surface area (Å²) in [6.45, 7) is 6.52. The molecular formula is C17H21NO3. The maximum Gasteiger partial charge on any atom is 0.142 e. The average molecular weight is 287 g/mol. The molecule has 3 N–H and O–H groups in total. The van der Waals surface area contributed by atoms with Crippen molar-refractivity contribution in [3.8, 4) is 17.2 Å². The third-order valence-electron chi connectivity index (χ3n) is 3.23. The van der Waals surface area contributed by atoms with Crippen LogP contribution in [0.25, 0.3) is 0 Å². The Kier molecular flexibility index (Phi) is 4.58. The fourth-order valence-corrected chi connectivity index (χ4v) is 2.21. The van der Waals surface area contributed by atoms with Crippen LogP contribution in [0.1, 0.15) is 31.0 Å². The van der Waals surface area contributed by atoms with Crippen molar-refractivity contribution in [3.05, 3.63) is 47.5 Å². The quantitative estimate of drug-likeness (QED) is 0.778. The first-order valence-electron chi connectivity index (χ1n) is 7.02. The molecule has 0 radical (unpaired) electrons. The fraction of sp³-hybridized carbons (Fsp3) is 0.294. The summed E-state index contributed by atoms with van der Waals surface area (Å²) in [5.41, 5.74) is 2.82. The zero-order valence-corrected chi connectivity index (χ0v) is 12.6. The van der Waals surface area contributed by atoms with Gasteiger partial charge in [0.05, 0.1) is 12.3 Å². The maximum absolute atomic E-state index is 9.57. The van der Waals surface area contributed by atoms with Gasteiger partial charge in [0, 0.05) is 12.1 Å². The van der Waals surface area contributed by atoms with E-state index >= 15 is 0 Å². The lowest BCUT2D eigenvalue weighted by Gasteiger charge is -2.19. The van der Waals surface area contributed by atoms with Crippen LogP contribution in [0.5, 0.6) is 17.2 Å². The first-order valence-corrected chi connectivity index (χ1v) is 7.02. The molecule has 112 valence electrons. The Morgan fingerprint density at radius 3 is 2.38 bits per heavy atom. The van der Waals surface area contributed by atoms with E-state index in [0.29, 0.717) is 6.61 Å². The number of hydrogen-bond donors (Lipinski definition) is 3. The minimum Gasteiger partial charge on any atom is -0.508 e. The van der Waals surface area contributed by atoms with Crippen LogP contribution in [0.15, 0.2) is 36.4 Å². The van der Waals surface area contributed by atoms with Gasteiger partial charge in [0.2, 0.25) is 0 Å². The summed E-state index contributed by atoms with van der Waals surface area (Å²) < 4.78 is 5.64. The van der Waals surface area contributed by atoms with Crippen LogP contribution in [-0.4, -0.2) is 16.8 Å². The van der Waals surface area contributed by atoms with Crippen molar-refractivity contribution >= 4 is 5.69 Å². The molecule has 0 aliphatic heterocycles. The Labute approximate surface area is 125 Å². The number of aromatic hydroxyl groups is 2. The second kappa shape index (κ2) is 6.39. The minimum atomic E-state index is -0.0788. The number of hydrogen-bond acceptors (Lipinski definition) is 4. The molecule has 2 rings (SSSR count). The average Bonchev–Trinajstić information content (AvgIpc) is 2.41. The zero-order chi connectivity index (χ0) is 15.4. The van der Waals surface area contributed by atoms with Gasteiger partial charge in [0.1, 0.15) is 17.2 Å². The van der Waals surface area contributed by atoms with E-state index in [1.807, 2.05) is 39.0 Å². The van der Waals surface area contributed by atoms with Gasteiger partial charge in [0.15, 0.2) is 0 Å². The van der Waals surface area contributed by atoms with Gasteiger partial charge in [-0.15, -0.1) is 0 Å². The highest BCUT2D eigenvalue weighted by Crippen LogP contribution is 2.31. The molecule has 0 bridgehead atoms. The van der Waals surface area contributed by atoms with Gasteiger partial charge in [-0.3, -0.25) is 0 Å². The smallest absolute Gasteiger partial charge is 0.142 e. The van der Waals surface area contributed by atoms with Crippen molar-refractivity contribution in [1.82, 2.24) is 0 Å². The van der Waals surface area contributed by atoms with Crippen LogP contribution >= 0.6 is 0 Å². The molecule has 0 aliphatic rings. The monoisotopic (exact) mass is 287 g/mol. The van der Waals surface area contributed by atoms with Crippen LogP contribution in [0.2, 0.25) is 0 Å². The lowest BCUT2D eigenvalue weighted by atomic mass is 10.1. The van der Waals surface area contributed by atoms with E-state index in [1.165, 1.54) is 6.07 Å². The molecule has 0 fully saturated rings. The number of rotatable bonds is 5. The SMILES string of the molecule is CCOc1cc(C)ccc1NC(C)c1cc(O)cc(O)c1.